The Morgan fingerprint density at radius 3 is 2.36 bits per heavy atom. The molecular weight excluding hydrogens is 320 g/mol. The quantitative estimate of drug-likeness (QED) is 0.571. The lowest BCUT2D eigenvalue weighted by Crippen LogP contribution is -2.19. The van der Waals surface area contributed by atoms with E-state index >= 15 is 0 Å². The second kappa shape index (κ2) is 6.96. The molecule has 0 bridgehead atoms. The summed E-state index contributed by atoms with van der Waals surface area (Å²) in [7, 11) is 0. The summed E-state index contributed by atoms with van der Waals surface area (Å²) in [6.07, 6.45) is 1.26. The second-order valence-corrected chi connectivity index (χ2v) is 5.55. The maximum atomic E-state index is 12.1. The summed E-state index contributed by atoms with van der Waals surface area (Å²) in [6.45, 7) is 1.45. The summed E-state index contributed by atoms with van der Waals surface area (Å²) in [5.74, 6) is -0.301. The van der Waals surface area contributed by atoms with Crippen molar-refractivity contribution in [3.8, 4) is 11.1 Å². The highest BCUT2D eigenvalue weighted by molar-refractivity contribution is 5.90. The van der Waals surface area contributed by atoms with Gasteiger partial charge in [0.15, 0.2) is 0 Å². The third kappa shape index (κ3) is 3.89. The highest BCUT2D eigenvalue weighted by Gasteiger charge is 2.16. The van der Waals surface area contributed by atoms with Gasteiger partial charge in [-0.2, -0.15) is 5.10 Å². The van der Waals surface area contributed by atoms with Crippen LogP contribution in [0, 0.1) is 17.0 Å². The van der Waals surface area contributed by atoms with Crippen molar-refractivity contribution in [3.63, 3.8) is 0 Å². The molecule has 25 heavy (non-hydrogen) atoms. The minimum absolute atomic E-state index is 0.0882. The van der Waals surface area contributed by atoms with E-state index in [1.165, 1.54) is 17.8 Å². The zero-order valence-electron chi connectivity index (χ0n) is 13.5. The molecule has 0 radical (unpaired) electrons. The number of carbonyl (C=O) groups excluding carboxylic acids is 1. The maximum Gasteiger partial charge on any atom is 0.309 e. The molecule has 1 amide bonds. The molecule has 1 N–H and O–H groups in total. The number of amides is 1. The minimum Gasteiger partial charge on any atom is -0.324 e. The van der Waals surface area contributed by atoms with Crippen LogP contribution in [0.5, 0.6) is 0 Å². The zero-order valence-corrected chi connectivity index (χ0v) is 13.5. The normalized spacial score (nSPS) is 10.4. The van der Waals surface area contributed by atoms with Gasteiger partial charge in [-0.15, -0.1) is 0 Å². The third-order valence-electron chi connectivity index (χ3n) is 3.70. The molecule has 0 atom stereocenters. The molecule has 1 aromatic heterocycles. The highest BCUT2D eigenvalue weighted by atomic mass is 16.6. The molecule has 0 aliphatic rings. The Hall–Kier alpha value is -3.48. The molecule has 0 aliphatic carbocycles. The third-order valence-corrected chi connectivity index (χ3v) is 3.70. The van der Waals surface area contributed by atoms with Crippen LogP contribution in [0.3, 0.4) is 0 Å². The van der Waals surface area contributed by atoms with Crippen LogP contribution >= 0.6 is 0 Å². The van der Waals surface area contributed by atoms with Crippen LogP contribution < -0.4 is 5.32 Å². The summed E-state index contributed by atoms with van der Waals surface area (Å²) in [4.78, 5) is 22.4. The van der Waals surface area contributed by atoms with Gasteiger partial charge in [-0.25, -0.2) is 0 Å². The lowest BCUT2D eigenvalue weighted by molar-refractivity contribution is -0.385. The first-order valence-corrected chi connectivity index (χ1v) is 7.67. The number of nitrogens with zero attached hydrogens (tertiary/aromatic N) is 3. The van der Waals surface area contributed by atoms with Gasteiger partial charge in [0.2, 0.25) is 5.91 Å². The van der Waals surface area contributed by atoms with Crippen molar-refractivity contribution in [2.75, 3.05) is 5.32 Å². The predicted octanol–water partition coefficient (Wildman–Crippen LogP) is 3.41. The Balaban J connectivity index is 1.65. The highest BCUT2D eigenvalue weighted by Crippen LogP contribution is 2.21. The van der Waals surface area contributed by atoms with Crippen molar-refractivity contribution in [3.05, 3.63) is 76.6 Å². The van der Waals surface area contributed by atoms with Crippen molar-refractivity contribution in [1.82, 2.24) is 9.78 Å². The van der Waals surface area contributed by atoms with Crippen LogP contribution in [-0.2, 0) is 11.3 Å². The Morgan fingerprint density at radius 1 is 1.12 bits per heavy atom. The van der Waals surface area contributed by atoms with E-state index in [1.54, 1.807) is 0 Å². The molecule has 0 fully saturated rings. The molecule has 7 heteroatoms. The number of anilines is 1. The number of nitrogens with one attached hydrogen (secondary N) is 1. The standard InChI is InChI=1S/C18H16N4O3/c1-13-17(22(24)25)11-21(20-13)12-18(23)19-16-9-7-15(8-10-16)14-5-3-2-4-6-14/h2-11H,12H2,1H3,(H,19,23). The smallest absolute Gasteiger partial charge is 0.309 e. The number of aryl methyl sites for hydroxylation is 1. The van der Waals surface area contributed by atoms with Gasteiger partial charge in [-0.3, -0.25) is 19.6 Å². The molecule has 0 saturated carbocycles. The molecule has 3 aromatic rings. The van der Waals surface area contributed by atoms with Gasteiger partial charge < -0.3 is 5.32 Å². The van der Waals surface area contributed by atoms with Crippen molar-refractivity contribution < 1.29 is 9.72 Å². The average Bonchev–Trinajstić information content (AvgIpc) is 2.96. The van der Waals surface area contributed by atoms with E-state index in [-0.39, 0.29) is 23.8 Å². The number of hydrogen-bond acceptors (Lipinski definition) is 4. The molecule has 126 valence electrons. The minimum atomic E-state index is -0.515. The molecule has 0 aliphatic heterocycles. The van der Waals surface area contributed by atoms with Crippen LogP contribution in [0.25, 0.3) is 11.1 Å². The molecular formula is C18H16N4O3. The summed E-state index contributed by atoms with van der Waals surface area (Å²) in [5, 5.41) is 17.6. The molecule has 1 heterocycles. The largest absolute Gasteiger partial charge is 0.324 e. The molecule has 2 aromatic carbocycles. The summed E-state index contributed by atoms with van der Waals surface area (Å²) < 4.78 is 1.27. The SMILES string of the molecule is Cc1nn(CC(=O)Nc2ccc(-c3ccccc3)cc2)cc1[N+](=O)[O-]. The van der Waals surface area contributed by atoms with Gasteiger partial charge >= 0.3 is 5.69 Å². The number of nitro groups is 1. The van der Waals surface area contributed by atoms with E-state index < -0.39 is 4.92 Å². The van der Waals surface area contributed by atoms with Gasteiger partial charge in [0.05, 0.1) is 4.92 Å². The maximum absolute atomic E-state index is 12.1. The van der Waals surface area contributed by atoms with E-state index in [0.29, 0.717) is 5.69 Å². The fourth-order valence-corrected chi connectivity index (χ4v) is 2.49. The molecule has 0 saturated heterocycles. The summed E-state index contributed by atoms with van der Waals surface area (Å²) in [5.41, 5.74) is 2.99. The molecule has 0 unspecified atom stereocenters. The molecule has 7 nitrogen and oxygen atoms in total. The lowest BCUT2D eigenvalue weighted by Gasteiger charge is -2.07. The van der Waals surface area contributed by atoms with Gasteiger partial charge in [-0.1, -0.05) is 42.5 Å². The second-order valence-electron chi connectivity index (χ2n) is 5.55. The topological polar surface area (TPSA) is 90.1 Å². The van der Waals surface area contributed by atoms with Crippen molar-refractivity contribution in [2.45, 2.75) is 13.5 Å². The van der Waals surface area contributed by atoms with Crippen LogP contribution in [0.1, 0.15) is 5.69 Å². The van der Waals surface area contributed by atoms with Gasteiger partial charge in [0.25, 0.3) is 0 Å². The summed E-state index contributed by atoms with van der Waals surface area (Å²) >= 11 is 0. The summed E-state index contributed by atoms with van der Waals surface area (Å²) in [6, 6.07) is 17.4. The molecule has 0 spiro atoms. The van der Waals surface area contributed by atoms with E-state index in [4.69, 9.17) is 0 Å². The number of benzene rings is 2. The first kappa shape index (κ1) is 16.4. The molecule has 3 rings (SSSR count). The monoisotopic (exact) mass is 336 g/mol. The van der Waals surface area contributed by atoms with E-state index in [9.17, 15) is 14.9 Å². The van der Waals surface area contributed by atoms with Crippen molar-refractivity contribution in [1.29, 1.82) is 0 Å². The van der Waals surface area contributed by atoms with Crippen LogP contribution in [0.15, 0.2) is 60.8 Å². The fourth-order valence-electron chi connectivity index (χ4n) is 2.49. The average molecular weight is 336 g/mol. The van der Waals surface area contributed by atoms with E-state index in [2.05, 4.69) is 10.4 Å². The van der Waals surface area contributed by atoms with Gasteiger partial charge in [0, 0.05) is 5.69 Å². The van der Waals surface area contributed by atoms with Crippen LogP contribution in [0.2, 0.25) is 0 Å². The number of carbonyl (C=O) groups is 1. The van der Waals surface area contributed by atoms with Crippen LogP contribution in [0.4, 0.5) is 11.4 Å². The Bertz CT molecular complexity index is 902. The van der Waals surface area contributed by atoms with Gasteiger partial charge in [-0.05, 0) is 30.2 Å². The zero-order chi connectivity index (χ0) is 17.8. The van der Waals surface area contributed by atoms with Crippen LogP contribution in [-0.4, -0.2) is 20.6 Å². The lowest BCUT2D eigenvalue weighted by atomic mass is 10.1. The van der Waals surface area contributed by atoms with Crippen molar-refractivity contribution >= 4 is 17.3 Å². The fraction of sp³-hybridized carbons (Fsp3) is 0.111. The first-order chi connectivity index (χ1) is 12.0. The predicted molar refractivity (Wildman–Crippen MR) is 94.1 cm³/mol. The van der Waals surface area contributed by atoms with Gasteiger partial charge in [0.1, 0.15) is 18.4 Å². The first-order valence-electron chi connectivity index (χ1n) is 7.67. The Kier molecular flexibility index (Phi) is 4.56. The Morgan fingerprint density at radius 2 is 1.76 bits per heavy atom. The Labute approximate surface area is 144 Å². The number of hydrogen-bond donors (Lipinski definition) is 1. The van der Waals surface area contributed by atoms with Crippen molar-refractivity contribution in [2.24, 2.45) is 0 Å². The van der Waals surface area contributed by atoms with E-state index in [1.807, 2.05) is 54.6 Å². The van der Waals surface area contributed by atoms with E-state index in [0.717, 1.165) is 11.1 Å². The number of rotatable bonds is 5. The number of aromatic nitrogens is 2.